The van der Waals surface area contributed by atoms with E-state index in [1.807, 2.05) is 60.7 Å². The monoisotopic (exact) mass is 322 g/mol. The number of furan rings is 1. The van der Waals surface area contributed by atoms with Crippen LogP contribution in [0, 0.1) is 0 Å². The van der Waals surface area contributed by atoms with Crippen LogP contribution in [0.25, 0.3) is 0 Å². The fourth-order valence-electron chi connectivity index (χ4n) is 2.43. The number of carbonyl (C=O) groups is 1. The highest BCUT2D eigenvalue weighted by Crippen LogP contribution is 2.35. The molecule has 0 aliphatic carbocycles. The van der Waals surface area contributed by atoms with Gasteiger partial charge in [0.2, 0.25) is 0 Å². The maximum absolute atomic E-state index is 12.6. The van der Waals surface area contributed by atoms with Crippen molar-refractivity contribution >= 4 is 17.5 Å². The van der Waals surface area contributed by atoms with E-state index in [0.717, 1.165) is 17.1 Å². The molecule has 0 spiro atoms. The van der Waals surface area contributed by atoms with Crippen molar-refractivity contribution in [3.05, 3.63) is 95.9 Å². The van der Waals surface area contributed by atoms with Crippen molar-refractivity contribution in [2.45, 2.75) is 17.4 Å². The summed E-state index contributed by atoms with van der Waals surface area (Å²) >= 11 is 1.74. The second-order valence-electron chi connectivity index (χ2n) is 5.28. The van der Waals surface area contributed by atoms with Crippen molar-refractivity contribution in [1.82, 2.24) is 0 Å². The van der Waals surface area contributed by atoms with E-state index in [9.17, 15) is 4.79 Å². The van der Waals surface area contributed by atoms with Crippen molar-refractivity contribution in [1.29, 1.82) is 0 Å². The van der Waals surface area contributed by atoms with E-state index in [0.29, 0.717) is 6.42 Å². The van der Waals surface area contributed by atoms with Crippen molar-refractivity contribution in [2.24, 2.45) is 0 Å². The number of Topliss-reactive ketones (excluding diaryl/α,β-unsaturated/α-hetero) is 1. The molecule has 3 aromatic rings. The Balaban J connectivity index is 1.73. The zero-order chi connectivity index (χ0) is 15.9. The molecular weight excluding hydrogens is 304 g/mol. The molecule has 0 bridgehead atoms. The Morgan fingerprint density at radius 3 is 2.26 bits per heavy atom. The van der Waals surface area contributed by atoms with Crippen LogP contribution in [-0.4, -0.2) is 5.78 Å². The summed E-state index contributed by atoms with van der Waals surface area (Å²) in [6.45, 7) is 0. The molecule has 3 heteroatoms. The van der Waals surface area contributed by atoms with Crippen LogP contribution in [0.3, 0.4) is 0 Å². The summed E-state index contributed by atoms with van der Waals surface area (Å²) in [4.78, 5) is 12.6. The van der Waals surface area contributed by atoms with Crippen LogP contribution in [0.15, 0.2) is 83.5 Å². The van der Waals surface area contributed by atoms with Crippen LogP contribution >= 0.6 is 11.8 Å². The van der Waals surface area contributed by atoms with E-state index in [2.05, 4.69) is 12.1 Å². The predicted octanol–water partition coefficient (Wildman–Crippen LogP) is 5.53. The molecule has 1 atom stereocenters. The van der Waals surface area contributed by atoms with Crippen LogP contribution in [-0.2, 0) is 5.75 Å². The van der Waals surface area contributed by atoms with Gasteiger partial charge in [0.15, 0.2) is 5.78 Å². The average molecular weight is 322 g/mol. The number of hydrogen-bond donors (Lipinski definition) is 0. The second kappa shape index (κ2) is 7.84. The number of rotatable bonds is 7. The Bertz CT molecular complexity index is 721. The van der Waals surface area contributed by atoms with E-state index in [1.165, 1.54) is 5.56 Å². The zero-order valence-electron chi connectivity index (χ0n) is 12.7. The first-order chi connectivity index (χ1) is 11.3. The normalized spacial score (nSPS) is 12.0. The van der Waals surface area contributed by atoms with E-state index in [1.54, 1.807) is 18.0 Å². The second-order valence-corrected chi connectivity index (χ2v) is 6.47. The lowest BCUT2D eigenvalue weighted by Crippen LogP contribution is -2.05. The van der Waals surface area contributed by atoms with E-state index >= 15 is 0 Å². The number of benzene rings is 2. The molecule has 2 aromatic carbocycles. The number of hydrogen-bond acceptors (Lipinski definition) is 3. The lowest BCUT2D eigenvalue weighted by atomic mass is 10.0. The van der Waals surface area contributed by atoms with Gasteiger partial charge < -0.3 is 4.42 Å². The minimum Gasteiger partial charge on any atom is -0.468 e. The highest BCUT2D eigenvalue weighted by Gasteiger charge is 2.18. The minimum atomic E-state index is 0.119. The van der Waals surface area contributed by atoms with Crippen LogP contribution < -0.4 is 0 Å². The number of ketones is 1. The molecule has 0 fully saturated rings. The van der Waals surface area contributed by atoms with Gasteiger partial charge in [-0.15, -0.1) is 11.8 Å². The van der Waals surface area contributed by atoms with Crippen molar-refractivity contribution in [3.63, 3.8) is 0 Å². The Labute approximate surface area is 140 Å². The third-order valence-corrected chi connectivity index (χ3v) is 4.94. The number of carbonyl (C=O) groups excluding carboxylic acids is 1. The SMILES string of the molecule is O=C(C[C@@H](SCc1ccco1)c1ccccc1)c1ccccc1. The highest BCUT2D eigenvalue weighted by atomic mass is 32.2. The van der Waals surface area contributed by atoms with Crippen LogP contribution in [0.5, 0.6) is 0 Å². The molecule has 0 saturated heterocycles. The van der Waals surface area contributed by atoms with Crippen molar-refractivity contribution in [3.8, 4) is 0 Å². The fourth-order valence-corrected chi connectivity index (χ4v) is 3.58. The lowest BCUT2D eigenvalue weighted by Gasteiger charge is -2.16. The third kappa shape index (κ3) is 4.36. The third-order valence-electron chi connectivity index (χ3n) is 3.64. The summed E-state index contributed by atoms with van der Waals surface area (Å²) in [7, 11) is 0. The molecule has 0 radical (unpaired) electrons. The lowest BCUT2D eigenvalue weighted by molar-refractivity contribution is 0.0982. The van der Waals surface area contributed by atoms with E-state index in [4.69, 9.17) is 4.42 Å². The topological polar surface area (TPSA) is 30.2 Å². The van der Waals surface area contributed by atoms with Gasteiger partial charge in [0.25, 0.3) is 0 Å². The first kappa shape index (κ1) is 15.6. The smallest absolute Gasteiger partial charge is 0.164 e. The van der Waals surface area contributed by atoms with Gasteiger partial charge in [-0.2, -0.15) is 0 Å². The maximum Gasteiger partial charge on any atom is 0.164 e. The maximum atomic E-state index is 12.6. The molecule has 0 unspecified atom stereocenters. The Morgan fingerprint density at radius 1 is 0.913 bits per heavy atom. The van der Waals surface area contributed by atoms with Gasteiger partial charge in [0, 0.05) is 17.2 Å². The molecule has 2 nitrogen and oxygen atoms in total. The van der Waals surface area contributed by atoms with Gasteiger partial charge in [0.1, 0.15) is 5.76 Å². The van der Waals surface area contributed by atoms with Crippen LogP contribution in [0.2, 0.25) is 0 Å². The molecular formula is C20H18O2S. The van der Waals surface area contributed by atoms with Crippen LogP contribution in [0.1, 0.15) is 33.4 Å². The summed E-state index contributed by atoms with van der Waals surface area (Å²) in [5.74, 6) is 1.86. The molecule has 23 heavy (non-hydrogen) atoms. The summed E-state index contributed by atoms with van der Waals surface area (Å²) in [6.07, 6.45) is 2.17. The van der Waals surface area contributed by atoms with E-state index < -0.39 is 0 Å². The Kier molecular flexibility index (Phi) is 5.33. The summed E-state index contributed by atoms with van der Waals surface area (Å²) in [6, 6.07) is 23.5. The fraction of sp³-hybridized carbons (Fsp3) is 0.150. The van der Waals surface area contributed by atoms with Crippen LogP contribution in [0.4, 0.5) is 0 Å². The molecule has 0 N–H and O–H groups in total. The van der Waals surface area contributed by atoms with Gasteiger partial charge in [-0.05, 0) is 17.7 Å². The summed E-state index contributed by atoms with van der Waals surface area (Å²) in [5, 5.41) is 0.119. The molecule has 0 aliphatic rings. The minimum absolute atomic E-state index is 0.119. The predicted molar refractivity (Wildman–Crippen MR) is 94.6 cm³/mol. The first-order valence-electron chi connectivity index (χ1n) is 7.60. The van der Waals surface area contributed by atoms with E-state index in [-0.39, 0.29) is 11.0 Å². The molecule has 0 saturated carbocycles. The zero-order valence-corrected chi connectivity index (χ0v) is 13.5. The standard InChI is InChI=1S/C20H18O2S/c21-19(16-8-3-1-4-9-16)14-20(17-10-5-2-6-11-17)23-15-18-12-7-13-22-18/h1-13,20H,14-15H2/t20-/m1/s1. The molecule has 0 aliphatic heterocycles. The quantitative estimate of drug-likeness (QED) is 0.536. The summed E-state index contributed by atoms with van der Waals surface area (Å²) in [5.41, 5.74) is 1.94. The molecule has 116 valence electrons. The summed E-state index contributed by atoms with van der Waals surface area (Å²) < 4.78 is 5.40. The molecule has 3 rings (SSSR count). The van der Waals surface area contributed by atoms with Gasteiger partial charge in [0.05, 0.1) is 12.0 Å². The highest BCUT2D eigenvalue weighted by molar-refractivity contribution is 7.98. The van der Waals surface area contributed by atoms with Gasteiger partial charge in [-0.3, -0.25) is 4.79 Å². The van der Waals surface area contributed by atoms with Gasteiger partial charge >= 0.3 is 0 Å². The molecule has 0 amide bonds. The largest absolute Gasteiger partial charge is 0.468 e. The molecule has 1 heterocycles. The average Bonchev–Trinajstić information content (AvgIpc) is 3.13. The van der Waals surface area contributed by atoms with Gasteiger partial charge in [-0.25, -0.2) is 0 Å². The number of thioether (sulfide) groups is 1. The van der Waals surface area contributed by atoms with Crippen molar-refractivity contribution in [2.75, 3.05) is 0 Å². The van der Waals surface area contributed by atoms with Gasteiger partial charge in [-0.1, -0.05) is 60.7 Å². The Hall–Kier alpha value is -2.26. The van der Waals surface area contributed by atoms with Crippen molar-refractivity contribution < 1.29 is 9.21 Å². The Morgan fingerprint density at radius 2 is 1.61 bits per heavy atom. The first-order valence-corrected chi connectivity index (χ1v) is 8.65. The molecule has 1 aromatic heterocycles.